The summed E-state index contributed by atoms with van der Waals surface area (Å²) in [6, 6.07) is -0.891. The molecule has 1 heterocycles. The highest BCUT2D eigenvalue weighted by Gasteiger charge is 2.42. The number of β-lactam (4-membered cyclic amide) rings is 1. The Labute approximate surface area is 68.3 Å². The highest BCUT2D eigenvalue weighted by atomic mass is 16.6. The lowest BCUT2D eigenvalue weighted by molar-refractivity contribution is -0.174. The Morgan fingerprint density at radius 1 is 1.67 bits per heavy atom. The number of urea groups is 1. The molecule has 1 aliphatic heterocycles. The molecule has 66 valence electrons. The number of esters is 1. The van der Waals surface area contributed by atoms with E-state index in [1.165, 1.54) is 6.92 Å². The number of nitrogens with zero attached hydrogens (tertiary/aromatic N) is 1. The maximum atomic E-state index is 10.7. The van der Waals surface area contributed by atoms with E-state index in [2.05, 4.69) is 4.74 Å². The summed E-state index contributed by atoms with van der Waals surface area (Å²) in [6.45, 7) is 1.20. The molecule has 0 aromatic carbocycles. The molecule has 12 heavy (non-hydrogen) atoms. The molecule has 1 unspecified atom stereocenters. The molecule has 0 radical (unpaired) electrons. The van der Waals surface area contributed by atoms with Gasteiger partial charge >= 0.3 is 12.0 Å². The Hall–Kier alpha value is -1.59. The minimum Gasteiger partial charge on any atom is -0.441 e. The fourth-order valence-corrected chi connectivity index (χ4v) is 0.938. The fourth-order valence-electron chi connectivity index (χ4n) is 0.938. The van der Waals surface area contributed by atoms with Gasteiger partial charge in [0, 0.05) is 6.92 Å². The summed E-state index contributed by atoms with van der Waals surface area (Å²) in [5.41, 5.74) is 4.83. The Morgan fingerprint density at radius 2 is 2.25 bits per heavy atom. The number of hydrogen-bond acceptors (Lipinski definition) is 4. The first-order chi connectivity index (χ1) is 5.52. The van der Waals surface area contributed by atoms with Crippen molar-refractivity contribution in [1.82, 2.24) is 4.90 Å². The Morgan fingerprint density at radius 3 is 2.58 bits per heavy atom. The van der Waals surface area contributed by atoms with E-state index >= 15 is 0 Å². The van der Waals surface area contributed by atoms with E-state index in [4.69, 9.17) is 5.73 Å². The number of likely N-dealkylation sites (tertiary alicyclic amines) is 1. The summed E-state index contributed by atoms with van der Waals surface area (Å²) < 4.78 is 4.60. The minimum atomic E-state index is -0.891. The van der Waals surface area contributed by atoms with Crippen molar-refractivity contribution in [2.24, 2.45) is 5.73 Å². The largest absolute Gasteiger partial charge is 0.441 e. The molecular formula is C6H8N2O4. The SMILES string of the molecule is CC(=O)OC1CC(=O)N1C(N)=O. The Balaban J connectivity index is 2.54. The van der Waals surface area contributed by atoms with Crippen LogP contribution < -0.4 is 5.73 Å². The van der Waals surface area contributed by atoms with Crippen LogP contribution in [0.3, 0.4) is 0 Å². The maximum Gasteiger partial charge on any atom is 0.324 e. The van der Waals surface area contributed by atoms with Gasteiger partial charge in [-0.25, -0.2) is 9.69 Å². The van der Waals surface area contributed by atoms with Gasteiger partial charge in [0.1, 0.15) is 0 Å². The van der Waals surface area contributed by atoms with Gasteiger partial charge in [-0.2, -0.15) is 0 Å². The highest BCUT2D eigenvalue weighted by Crippen LogP contribution is 2.19. The molecule has 1 rings (SSSR count). The lowest BCUT2D eigenvalue weighted by Gasteiger charge is -2.35. The van der Waals surface area contributed by atoms with Gasteiger partial charge in [-0.15, -0.1) is 0 Å². The predicted molar refractivity (Wildman–Crippen MR) is 36.6 cm³/mol. The molecular weight excluding hydrogens is 164 g/mol. The maximum absolute atomic E-state index is 10.7. The van der Waals surface area contributed by atoms with Crippen molar-refractivity contribution in [2.75, 3.05) is 0 Å². The van der Waals surface area contributed by atoms with E-state index in [9.17, 15) is 14.4 Å². The van der Waals surface area contributed by atoms with Gasteiger partial charge in [0.2, 0.25) is 5.91 Å². The molecule has 2 N–H and O–H groups in total. The summed E-state index contributed by atoms with van der Waals surface area (Å²) in [7, 11) is 0. The first-order valence-electron chi connectivity index (χ1n) is 3.31. The van der Waals surface area contributed by atoms with Crippen LogP contribution in [0, 0.1) is 0 Å². The summed E-state index contributed by atoms with van der Waals surface area (Å²) in [5, 5.41) is 0. The lowest BCUT2D eigenvalue weighted by Crippen LogP contribution is -2.59. The van der Waals surface area contributed by atoms with E-state index in [-0.39, 0.29) is 6.42 Å². The number of primary amides is 1. The molecule has 1 saturated heterocycles. The fraction of sp³-hybridized carbons (Fsp3) is 0.500. The van der Waals surface area contributed by atoms with E-state index in [0.717, 1.165) is 0 Å². The van der Waals surface area contributed by atoms with Crippen LogP contribution in [0.25, 0.3) is 0 Å². The van der Waals surface area contributed by atoms with E-state index in [1.807, 2.05) is 0 Å². The van der Waals surface area contributed by atoms with Gasteiger partial charge in [-0.1, -0.05) is 0 Å². The monoisotopic (exact) mass is 172 g/mol. The molecule has 0 aliphatic carbocycles. The average Bonchev–Trinajstić information content (AvgIpc) is 1.82. The van der Waals surface area contributed by atoms with Gasteiger partial charge < -0.3 is 10.5 Å². The summed E-state index contributed by atoms with van der Waals surface area (Å²) >= 11 is 0. The smallest absolute Gasteiger partial charge is 0.324 e. The van der Waals surface area contributed by atoms with Crippen LogP contribution in [-0.4, -0.2) is 29.0 Å². The summed E-state index contributed by atoms with van der Waals surface area (Å²) in [5.74, 6) is -0.965. The third-order valence-electron chi connectivity index (χ3n) is 1.45. The quantitative estimate of drug-likeness (QED) is 0.413. The van der Waals surface area contributed by atoms with Gasteiger partial charge in [-0.3, -0.25) is 9.59 Å². The standard InChI is InChI=1S/C6H8N2O4/c1-3(9)12-5-2-4(10)8(5)6(7)11/h5H,2H2,1H3,(H2,7,11). The minimum absolute atomic E-state index is 0.0303. The summed E-state index contributed by atoms with van der Waals surface area (Å²) in [4.78, 5) is 32.3. The molecule has 0 spiro atoms. The number of rotatable bonds is 1. The van der Waals surface area contributed by atoms with Crippen molar-refractivity contribution in [2.45, 2.75) is 19.6 Å². The van der Waals surface area contributed by atoms with Gasteiger partial charge in [0.25, 0.3) is 0 Å². The molecule has 3 amide bonds. The molecule has 0 aromatic rings. The van der Waals surface area contributed by atoms with Gasteiger partial charge in [0.15, 0.2) is 6.23 Å². The number of imide groups is 1. The van der Waals surface area contributed by atoms with Crippen LogP contribution in [0.1, 0.15) is 13.3 Å². The number of hydrogen-bond donors (Lipinski definition) is 1. The van der Waals surface area contributed by atoms with Crippen LogP contribution in [0.15, 0.2) is 0 Å². The van der Waals surface area contributed by atoms with Crippen molar-refractivity contribution in [3.8, 4) is 0 Å². The van der Waals surface area contributed by atoms with Crippen molar-refractivity contribution in [1.29, 1.82) is 0 Å². The van der Waals surface area contributed by atoms with Crippen molar-refractivity contribution < 1.29 is 19.1 Å². The van der Waals surface area contributed by atoms with E-state index < -0.39 is 24.1 Å². The average molecular weight is 172 g/mol. The van der Waals surface area contributed by atoms with Crippen LogP contribution in [-0.2, 0) is 14.3 Å². The van der Waals surface area contributed by atoms with Gasteiger partial charge in [0.05, 0.1) is 6.42 Å². The van der Waals surface area contributed by atoms with E-state index in [0.29, 0.717) is 4.90 Å². The summed E-state index contributed by atoms with van der Waals surface area (Å²) in [6.07, 6.45) is -0.768. The Kier molecular flexibility index (Phi) is 1.99. The molecule has 6 heteroatoms. The highest BCUT2D eigenvalue weighted by molar-refractivity contribution is 5.99. The number of carbonyl (C=O) groups excluding carboxylic acids is 3. The number of carbonyl (C=O) groups is 3. The predicted octanol–water partition coefficient (Wildman–Crippen LogP) is -0.813. The first-order valence-corrected chi connectivity index (χ1v) is 3.31. The lowest BCUT2D eigenvalue weighted by atomic mass is 10.2. The van der Waals surface area contributed by atoms with Crippen molar-refractivity contribution in [3.63, 3.8) is 0 Å². The van der Waals surface area contributed by atoms with Crippen LogP contribution in [0.2, 0.25) is 0 Å². The third-order valence-corrected chi connectivity index (χ3v) is 1.45. The molecule has 6 nitrogen and oxygen atoms in total. The second kappa shape index (κ2) is 2.80. The zero-order valence-electron chi connectivity index (χ0n) is 6.44. The van der Waals surface area contributed by atoms with Crippen molar-refractivity contribution in [3.05, 3.63) is 0 Å². The van der Waals surface area contributed by atoms with Crippen LogP contribution in [0.4, 0.5) is 4.79 Å². The van der Waals surface area contributed by atoms with Gasteiger partial charge in [-0.05, 0) is 0 Å². The normalized spacial score (nSPS) is 21.6. The molecule has 1 fully saturated rings. The molecule has 1 atom stereocenters. The molecule has 1 aliphatic rings. The van der Waals surface area contributed by atoms with Crippen LogP contribution >= 0.6 is 0 Å². The zero-order chi connectivity index (χ0) is 9.30. The topological polar surface area (TPSA) is 89.7 Å². The first kappa shape index (κ1) is 8.51. The third kappa shape index (κ3) is 1.36. The molecule has 0 bridgehead atoms. The second-order valence-corrected chi connectivity index (χ2v) is 2.37. The number of nitrogens with two attached hydrogens (primary N) is 1. The second-order valence-electron chi connectivity index (χ2n) is 2.37. The number of ether oxygens (including phenoxy) is 1. The van der Waals surface area contributed by atoms with Crippen molar-refractivity contribution >= 4 is 17.9 Å². The Bertz CT molecular complexity index is 242. The molecule has 0 aromatic heterocycles. The van der Waals surface area contributed by atoms with E-state index in [1.54, 1.807) is 0 Å². The van der Waals surface area contributed by atoms with Crippen LogP contribution in [0.5, 0.6) is 0 Å². The number of amides is 3. The molecule has 0 saturated carbocycles. The zero-order valence-corrected chi connectivity index (χ0v) is 6.44.